The van der Waals surface area contributed by atoms with Gasteiger partial charge in [0.2, 0.25) is 0 Å². The quantitative estimate of drug-likeness (QED) is 0.870. The molecule has 0 amide bonds. The first-order chi connectivity index (χ1) is 9.01. The lowest BCUT2D eigenvalue weighted by molar-refractivity contribution is 0.364. The molecule has 102 valence electrons. The monoisotopic (exact) mass is 277 g/mol. The molecule has 1 heterocycles. The van der Waals surface area contributed by atoms with Gasteiger partial charge in [-0.1, -0.05) is 32.4 Å². The molecule has 19 heavy (non-hydrogen) atoms. The van der Waals surface area contributed by atoms with Gasteiger partial charge in [0.15, 0.2) is 0 Å². The van der Waals surface area contributed by atoms with Crippen LogP contribution in [-0.4, -0.2) is 6.54 Å². The highest BCUT2D eigenvalue weighted by atomic mass is 35.5. The van der Waals surface area contributed by atoms with Crippen molar-refractivity contribution >= 4 is 22.6 Å². The predicted octanol–water partition coefficient (Wildman–Crippen LogP) is 4.78. The zero-order valence-corrected chi connectivity index (χ0v) is 12.4. The molecule has 0 spiro atoms. The minimum Gasteiger partial charge on any atom is -0.459 e. The average molecular weight is 278 g/mol. The Morgan fingerprint density at radius 2 is 2.16 bits per heavy atom. The van der Waals surface area contributed by atoms with Gasteiger partial charge < -0.3 is 9.73 Å². The third-order valence-corrected chi connectivity index (χ3v) is 4.46. The number of fused-ring (bicyclic) bond motifs is 1. The van der Waals surface area contributed by atoms with Crippen LogP contribution >= 0.6 is 11.6 Å². The summed E-state index contributed by atoms with van der Waals surface area (Å²) in [4.78, 5) is 0. The first kappa shape index (κ1) is 13.0. The Balaban J connectivity index is 1.96. The smallest absolute Gasteiger partial charge is 0.134 e. The third-order valence-electron chi connectivity index (χ3n) is 4.22. The summed E-state index contributed by atoms with van der Waals surface area (Å²) >= 11 is 6.03. The maximum atomic E-state index is 6.03. The number of furan rings is 1. The fraction of sp³-hybridized carbons (Fsp3) is 0.500. The van der Waals surface area contributed by atoms with Gasteiger partial charge in [-0.15, -0.1) is 0 Å². The first-order valence-electron chi connectivity index (χ1n) is 6.93. The van der Waals surface area contributed by atoms with E-state index in [0.29, 0.717) is 17.4 Å². The number of benzene rings is 1. The molecule has 3 rings (SSSR count). The van der Waals surface area contributed by atoms with E-state index in [4.69, 9.17) is 16.0 Å². The molecule has 0 saturated heterocycles. The van der Waals surface area contributed by atoms with Gasteiger partial charge in [0.05, 0.1) is 6.04 Å². The van der Waals surface area contributed by atoms with Gasteiger partial charge in [0.25, 0.3) is 0 Å². The van der Waals surface area contributed by atoms with Crippen LogP contribution in [0.25, 0.3) is 11.0 Å². The van der Waals surface area contributed by atoms with Gasteiger partial charge in [-0.3, -0.25) is 0 Å². The second-order valence-corrected chi connectivity index (χ2v) is 6.60. The molecular formula is C16H20ClNO. The lowest BCUT2D eigenvalue weighted by Crippen LogP contribution is -2.23. The third kappa shape index (κ3) is 2.39. The van der Waals surface area contributed by atoms with Crippen molar-refractivity contribution in [2.75, 3.05) is 6.54 Å². The highest BCUT2D eigenvalue weighted by Crippen LogP contribution is 2.58. The van der Waals surface area contributed by atoms with Crippen molar-refractivity contribution < 1.29 is 4.42 Å². The van der Waals surface area contributed by atoms with Crippen LogP contribution in [0.1, 0.15) is 39.0 Å². The summed E-state index contributed by atoms with van der Waals surface area (Å²) in [7, 11) is 0. The lowest BCUT2D eigenvalue weighted by atomic mass is 10.0. The molecule has 3 heteroatoms. The van der Waals surface area contributed by atoms with Crippen molar-refractivity contribution in [3.8, 4) is 0 Å². The van der Waals surface area contributed by atoms with Crippen molar-refractivity contribution in [3.05, 3.63) is 35.0 Å². The number of hydrogen-bond acceptors (Lipinski definition) is 2. The van der Waals surface area contributed by atoms with Gasteiger partial charge in [0.1, 0.15) is 11.3 Å². The normalized spacial score (nSPS) is 22.6. The topological polar surface area (TPSA) is 25.2 Å². The van der Waals surface area contributed by atoms with E-state index in [0.717, 1.165) is 28.3 Å². The highest BCUT2D eigenvalue weighted by Gasteiger charge is 2.51. The van der Waals surface area contributed by atoms with Crippen LogP contribution in [0, 0.1) is 11.3 Å². The summed E-state index contributed by atoms with van der Waals surface area (Å²) in [6.07, 6.45) is 1.25. The predicted molar refractivity (Wildman–Crippen MR) is 79.5 cm³/mol. The van der Waals surface area contributed by atoms with Crippen molar-refractivity contribution in [1.82, 2.24) is 5.32 Å². The molecule has 1 aliphatic rings. The number of rotatable bonds is 4. The van der Waals surface area contributed by atoms with Crippen LogP contribution < -0.4 is 5.32 Å². The molecule has 0 aliphatic heterocycles. The van der Waals surface area contributed by atoms with E-state index in [2.05, 4.69) is 32.2 Å². The Morgan fingerprint density at radius 3 is 2.79 bits per heavy atom. The summed E-state index contributed by atoms with van der Waals surface area (Å²) in [6.45, 7) is 7.74. The maximum absolute atomic E-state index is 6.03. The molecule has 0 radical (unpaired) electrons. The second kappa shape index (κ2) is 4.53. The Kier molecular flexibility index (Phi) is 3.11. The largest absolute Gasteiger partial charge is 0.459 e. The number of hydrogen-bond donors (Lipinski definition) is 1. The molecule has 1 fully saturated rings. The zero-order chi connectivity index (χ0) is 13.6. The van der Waals surface area contributed by atoms with E-state index >= 15 is 0 Å². The summed E-state index contributed by atoms with van der Waals surface area (Å²) < 4.78 is 6.01. The highest BCUT2D eigenvalue weighted by molar-refractivity contribution is 6.31. The van der Waals surface area contributed by atoms with E-state index in [1.54, 1.807) is 0 Å². The maximum Gasteiger partial charge on any atom is 0.134 e. The van der Waals surface area contributed by atoms with Gasteiger partial charge >= 0.3 is 0 Å². The molecule has 2 aromatic rings. The molecule has 2 nitrogen and oxygen atoms in total. The van der Waals surface area contributed by atoms with Crippen molar-refractivity contribution in [1.29, 1.82) is 0 Å². The Bertz CT molecular complexity index is 602. The molecule has 1 aromatic carbocycles. The molecule has 1 saturated carbocycles. The summed E-state index contributed by atoms with van der Waals surface area (Å²) in [6, 6.07) is 8.22. The van der Waals surface area contributed by atoms with Gasteiger partial charge in [0, 0.05) is 10.4 Å². The summed E-state index contributed by atoms with van der Waals surface area (Å²) in [5.41, 5.74) is 1.34. The SMILES string of the molecule is CCNC(c1cc2cc(Cl)ccc2o1)C1CC1(C)C. The molecule has 1 aromatic heterocycles. The van der Waals surface area contributed by atoms with Crippen LogP contribution in [0.2, 0.25) is 5.02 Å². The number of nitrogens with one attached hydrogen (secondary N) is 1. The van der Waals surface area contributed by atoms with E-state index in [-0.39, 0.29) is 0 Å². The first-order valence-corrected chi connectivity index (χ1v) is 7.31. The van der Waals surface area contributed by atoms with Crippen molar-refractivity contribution in [2.24, 2.45) is 11.3 Å². The Morgan fingerprint density at radius 1 is 1.42 bits per heavy atom. The Hall–Kier alpha value is -0.990. The van der Waals surface area contributed by atoms with E-state index in [1.165, 1.54) is 6.42 Å². The van der Waals surface area contributed by atoms with E-state index in [1.807, 2.05) is 18.2 Å². The standard InChI is InChI=1S/C16H20ClNO/c1-4-18-15(12-9-16(12,2)3)14-8-10-7-11(17)5-6-13(10)19-14/h5-8,12,15,18H,4,9H2,1-3H3. The summed E-state index contributed by atoms with van der Waals surface area (Å²) in [5.74, 6) is 1.69. The fourth-order valence-electron chi connectivity index (χ4n) is 2.93. The molecule has 1 N–H and O–H groups in total. The molecular weight excluding hydrogens is 258 g/mol. The van der Waals surface area contributed by atoms with Crippen LogP contribution in [0.4, 0.5) is 0 Å². The second-order valence-electron chi connectivity index (χ2n) is 6.17. The minimum atomic E-state index is 0.311. The molecule has 0 bridgehead atoms. The van der Waals surface area contributed by atoms with Crippen LogP contribution in [0.5, 0.6) is 0 Å². The molecule has 2 atom stereocenters. The van der Waals surface area contributed by atoms with Crippen LogP contribution in [0.3, 0.4) is 0 Å². The summed E-state index contributed by atoms with van der Waals surface area (Å²) in [5, 5.41) is 5.41. The lowest BCUT2D eigenvalue weighted by Gasteiger charge is -2.17. The van der Waals surface area contributed by atoms with Gasteiger partial charge in [-0.2, -0.15) is 0 Å². The van der Waals surface area contributed by atoms with Crippen molar-refractivity contribution in [3.63, 3.8) is 0 Å². The average Bonchev–Trinajstić information content (AvgIpc) is 2.81. The molecule has 1 aliphatic carbocycles. The van der Waals surface area contributed by atoms with Gasteiger partial charge in [-0.05, 0) is 48.6 Å². The minimum absolute atomic E-state index is 0.311. The Labute approximate surface area is 119 Å². The van der Waals surface area contributed by atoms with E-state index in [9.17, 15) is 0 Å². The molecule has 2 unspecified atom stereocenters. The number of halogens is 1. The van der Waals surface area contributed by atoms with E-state index < -0.39 is 0 Å². The van der Waals surface area contributed by atoms with Crippen LogP contribution in [-0.2, 0) is 0 Å². The van der Waals surface area contributed by atoms with Crippen LogP contribution in [0.15, 0.2) is 28.7 Å². The zero-order valence-electron chi connectivity index (χ0n) is 11.7. The van der Waals surface area contributed by atoms with Gasteiger partial charge in [-0.25, -0.2) is 0 Å². The fourth-order valence-corrected chi connectivity index (χ4v) is 3.11. The van der Waals surface area contributed by atoms with Crippen molar-refractivity contribution in [2.45, 2.75) is 33.2 Å².